The van der Waals surface area contributed by atoms with Crippen molar-refractivity contribution in [3.8, 4) is 16.8 Å². The van der Waals surface area contributed by atoms with Crippen LogP contribution in [0.2, 0.25) is 0 Å². The maximum absolute atomic E-state index is 4.58. The van der Waals surface area contributed by atoms with Gasteiger partial charge in [-0.05, 0) is 54.8 Å². The van der Waals surface area contributed by atoms with E-state index in [1.807, 2.05) is 35.4 Å². The Balaban J connectivity index is 1.93. The third kappa shape index (κ3) is 2.28. The Morgan fingerprint density at radius 1 is 0.826 bits per heavy atom. The quantitative estimate of drug-likeness (QED) is 0.560. The van der Waals surface area contributed by atoms with Crippen LogP contribution in [0.3, 0.4) is 0 Å². The molecule has 0 amide bonds. The molecule has 0 saturated heterocycles. The molecule has 0 N–H and O–H groups in total. The molecule has 0 unspecified atom stereocenters. The van der Waals surface area contributed by atoms with E-state index in [1.165, 1.54) is 5.56 Å². The van der Waals surface area contributed by atoms with E-state index < -0.39 is 0 Å². The molecule has 4 nitrogen and oxygen atoms in total. The molecule has 0 spiro atoms. The van der Waals surface area contributed by atoms with Gasteiger partial charge in [0.1, 0.15) is 0 Å². The molecule has 23 heavy (non-hydrogen) atoms. The van der Waals surface area contributed by atoms with Crippen LogP contribution in [-0.2, 0) is 0 Å². The Hall–Kier alpha value is -3.01. The van der Waals surface area contributed by atoms with Crippen molar-refractivity contribution in [1.29, 1.82) is 0 Å². The van der Waals surface area contributed by atoms with E-state index in [1.54, 1.807) is 12.4 Å². The number of benzene rings is 1. The monoisotopic (exact) mass is 300 g/mol. The molecule has 0 aliphatic heterocycles. The highest BCUT2D eigenvalue weighted by molar-refractivity contribution is 5.88. The first-order valence-corrected chi connectivity index (χ1v) is 7.54. The van der Waals surface area contributed by atoms with Crippen molar-refractivity contribution in [2.24, 2.45) is 0 Å². The van der Waals surface area contributed by atoms with Crippen molar-refractivity contribution < 1.29 is 0 Å². The average Bonchev–Trinajstić information content (AvgIpc) is 3.00. The Bertz CT molecular complexity index is 987. The minimum Gasteiger partial charge on any atom is -0.264 e. The lowest BCUT2D eigenvalue weighted by Gasteiger charge is -2.09. The second kappa shape index (κ2) is 5.32. The zero-order valence-corrected chi connectivity index (χ0v) is 13.1. The van der Waals surface area contributed by atoms with E-state index in [0.717, 1.165) is 33.3 Å². The first-order chi connectivity index (χ1) is 11.2. The van der Waals surface area contributed by atoms with Crippen LogP contribution in [-0.4, -0.2) is 19.7 Å². The van der Waals surface area contributed by atoms with Crippen LogP contribution in [0.25, 0.3) is 27.7 Å². The zero-order chi connectivity index (χ0) is 15.8. The number of aryl methyl sites for hydroxylation is 2. The van der Waals surface area contributed by atoms with E-state index in [-0.39, 0.29) is 0 Å². The molecule has 1 aromatic carbocycles. The molecule has 0 fully saturated rings. The van der Waals surface area contributed by atoms with Gasteiger partial charge in [0.15, 0.2) is 0 Å². The van der Waals surface area contributed by atoms with Crippen LogP contribution in [0.1, 0.15) is 11.1 Å². The van der Waals surface area contributed by atoms with E-state index in [4.69, 9.17) is 0 Å². The molecular weight excluding hydrogens is 284 g/mol. The van der Waals surface area contributed by atoms with Gasteiger partial charge in [-0.15, -0.1) is 0 Å². The highest BCUT2D eigenvalue weighted by Crippen LogP contribution is 2.29. The van der Waals surface area contributed by atoms with Crippen LogP contribution in [0, 0.1) is 13.8 Å². The summed E-state index contributed by atoms with van der Waals surface area (Å²) in [7, 11) is 0. The second-order valence-corrected chi connectivity index (χ2v) is 5.69. The third-order valence-electron chi connectivity index (χ3n) is 4.09. The summed E-state index contributed by atoms with van der Waals surface area (Å²) in [4.78, 5) is 8.44. The smallest absolute Gasteiger partial charge is 0.0865 e. The van der Waals surface area contributed by atoms with Crippen molar-refractivity contribution in [3.63, 3.8) is 0 Å². The Morgan fingerprint density at radius 2 is 1.70 bits per heavy atom. The van der Waals surface area contributed by atoms with Crippen molar-refractivity contribution in [1.82, 2.24) is 19.7 Å². The molecule has 0 aliphatic rings. The van der Waals surface area contributed by atoms with Crippen LogP contribution in [0.15, 0.2) is 61.3 Å². The number of aromatic nitrogens is 4. The zero-order valence-electron chi connectivity index (χ0n) is 13.1. The Labute approximate surface area is 134 Å². The van der Waals surface area contributed by atoms with Crippen molar-refractivity contribution in [2.45, 2.75) is 13.8 Å². The first kappa shape index (κ1) is 13.6. The fourth-order valence-electron chi connectivity index (χ4n) is 2.93. The maximum atomic E-state index is 4.58. The van der Waals surface area contributed by atoms with Crippen LogP contribution < -0.4 is 0 Å². The largest absolute Gasteiger partial charge is 0.264 e. The summed E-state index contributed by atoms with van der Waals surface area (Å²) in [6, 6.07) is 10.4. The number of fused-ring (bicyclic) bond motifs is 1. The molecule has 4 aromatic rings. The third-order valence-corrected chi connectivity index (χ3v) is 4.09. The number of hydrogen-bond donors (Lipinski definition) is 0. The van der Waals surface area contributed by atoms with Gasteiger partial charge in [-0.1, -0.05) is 6.07 Å². The molecule has 0 aliphatic carbocycles. The number of pyridine rings is 2. The molecule has 3 aromatic heterocycles. The van der Waals surface area contributed by atoms with Crippen molar-refractivity contribution >= 4 is 10.9 Å². The highest BCUT2D eigenvalue weighted by atomic mass is 15.3. The average molecular weight is 300 g/mol. The van der Waals surface area contributed by atoms with Gasteiger partial charge in [-0.25, -0.2) is 4.68 Å². The minimum atomic E-state index is 1.01. The fourth-order valence-corrected chi connectivity index (χ4v) is 2.93. The van der Waals surface area contributed by atoms with Gasteiger partial charge in [-0.3, -0.25) is 9.97 Å². The Morgan fingerprint density at radius 3 is 2.48 bits per heavy atom. The van der Waals surface area contributed by atoms with E-state index in [0.29, 0.717) is 0 Å². The minimum absolute atomic E-state index is 1.01. The van der Waals surface area contributed by atoms with Crippen molar-refractivity contribution in [2.75, 3.05) is 0 Å². The number of hydrogen-bond acceptors (Lipinski definition) is 3. The van der Waals surface area contributed by atoms with Gasteiger partial charge >= 0.3 is 0 Å². The van der Waals surface area contributed by atoms with Crippen LogP contribution in [0.4, 0.5) is 0 Å². The van der Waals surface area contributed by atoms with E-state index in [2.05, 4.69) is 47.1 Å². The summed E-state index contributed by atoms with van der Waals surface area (Å²) >= 11 is 0. The van der Waals surface area contributed by atoms with Gasteiger partial charge in [0.2, 0.25) is 0 Å². The van der Waals surface area contributed by atoms with Crippen LogP contribution >= 0.6 is 0 Å². The highest BCUT2D eigenvalue weighted by Gasteiger charge is 2.11. The topological polar surface area (TPSA) is 43.6 Å². The van der Waals surface area contributed by atoms with Gasteiger partial charge in [-0.2, -0.15) is 5.10 Å². The lowest BCUT2D eigenvalue weighted by atomic mass is 10.0. The number of rotatable bonds is 2. The van der Waals surface area contributed by atoms with E-state index in [9.17, 15) is 0 Å². The van der Waals surface area contributed by atoms with Gasteiger partial charge in [0.05, 0.1) is 23.6 Å². The number of nitrogens with zero attached hydrogens (tertiary/aromatic N) is 4. The maximum Gasteiger partial charge on any atom is 0.0865 e. The molecule has 0 bridgehead atoms. The van der Waals surface area contributed by atoms with Gasteiger partial charge < -0.3 is 0 Å². The van der Waals surface area contributed by atoms with Crippen LogP contribution in [0.5, 0.6) is 0 Å². The SMILES string of the molecule is Cc1ccncc1-n1ncc2cc(-c3cccnc3)cc(C)c21. The second-order valence-electron chi connectivity index (χ2n) is 5.69. The summed E-state index contributed by atoms with van der Waals surface area (Å²) in [6.45, 7) is 4.19. The standard InChI is InChI=1S/C19H16N4/c1-13-5-7-21-12-18(13)23-19-14(2)8-16(9-17(19)11-22-23)15-4-3-6-20-10-15/h3-12H,1-2H3. The normalized spacial score (nSPS) is 11.0. The summed E-state index contributed by atoms with van der Waals surface area (Å²) < 4.78 is 1.97. The van der Waals surface area contributed by atoms with Gasteiger partial charge in [0, 0.05) is 29.5 Å². The molecule has 0 radical (unpaired) electrons. The summed E-state index contributed by atoms with van der Waals surface area (Å²) in [5.41, 5.74) is 6.74. The summed E-state index contributed by atoms with van der Waals surface area (Å²) in [5.74, 6) is 0. The predicted octanol–water partition coefficient (Wildman–Crippen LogP) is 4.10. The fraction of sp³-hybridized carbons (Fsp3) is 0.105. The predicted molar refractivity (Wildman–Crippen MR) is 91.6 cm³/mol. The molecule has 0 saturated carbocycles. The summed E-state index contributed by atoms with van der Waals surface area (Å²) in [6.07, 6.45) is 9.25. The molecule has 3 heterocycles. The molecule has 4 rings (SSSR count). The van der Waals surface area contributed by atoms with Gasteiger partial charge in [0.25, 0.3) is 0 Å². The molecule has 0 atom stereocenters. The molecular formula is C19H16N4. The van der Waals surface area contributed by atoms with Crippen molar-refractivity contribution in [3.05, 3.63) is 72.4 Å². The first-order valence-electron chi connectivity index (χ1n) is 7.54. The lowest BCUT2D eigenvalue weighted by Crippen LogP contribution is -2.00. The van der Waals surface area contributed by atoms with E-state index >= 15 is 0 Å². The Kier molecular flexibility index (Phi) is 3.15. The summed E-state index contributed by atoms with van der Waals surface area (Å²) in [5, 5.41) is 5.70. The molecule has 112 valence electrons. The molecule has 4 heteroatoms. The lowest BCUT2D eigenvalue weighted by molar-refractivity contribution is 0.891.